The number of benzene rings is 1. The molecular weight excluding hydrogens is 420 g/mol. The lowest BCUT2D eigenvalue weighted by Crippen LogP contribution is -2.67. The third kappa shape index (κ3) is 3.67. The molecule has 2 N–H and O–H groups in total. The normalized spacial score (nSPS) is 24.4. The highest BCUT2D eigenvalue weighted by atomic mass is 16.6. The second kappa shape index (κ2) is 8.35. The third-order valence-corrected chi connectivity index (χ3v) is 6.43. The minimum absolute atomic E-state index is 0.0886. The fraction of sp³-hybridized carbons (Fsp3) is 0.333. The Morgan fingerprint density at radius 1 is 1.18 bits per heavy atom. The van der Waals surface area contributed by atoms with E-state index in [-0.39, 0.29) is 22.9 Å². The number of hydrogen-bond donors (Lipinski definition) is 2. The van der Waals surface area contributed by atoms with Gasteiger partial charge in [-0.25, -0.2) is 0 Å². The Hall–Kier alpha value is -4.26. The molecule has 1 saturated carbocycles. The molecule has 4 rings (SSSR count). The zero-order valence-electron chi connectivity index (χ0n) is 17.8. The first-order valence-electron chi connectivity index (χ1n) is 10.5. The van der Waals surface area contributed by atoms with Crippen molar-refractivity contribution in [2.45, 2.75) is 37.5 Å². The van der Waals surface area contributed by atoms with Crippen LogP contribution >= 0.6 is 0 Å². The number of rotatable bonds is 5. The van der Waals surface area contributed by atoms with E-state index in [1.165, 1.54) is 12.1 Å². The number of pyridine rings is 1. The minimum atomic E-state index is -1.54. The lowest BCUT2D eigenvalue weighted by atomic mass is 9.73. The molecule has 1 aromatic carbocycles. The molecule has 0 radical (unpaired) electrons. The number of non-ortho nitro benzene ring substituents is 1. The van der Waals surface area contributed by atoms with Crippen LogP contribution in [0.1, 0.15) is 36.1 Å². The number of nitriles is 3. The first-order chi connectivity index (χ1) is 15.8. The highest BCUT2D eigenvalue weighted by Gasteiger charge is 2.62. The van der Waals surface area contributed by atoms with Gasteiger partial charge in [0, 0.05) is 37.1 Å². The summed E-state index contributed by atoms with van der Waals surface area (Å²) in [6, 6.07) is 16.7. The first kappa shape index (κ1) is 22.0. The van der Waals surface area contributed by atoms with Crippen LogP contribution in [0.3, 0.4) is 0 Å². The summed E-state index contributed by atoms with van der Waals surface area (Å²) < 4.78 is 1.89. The number of nitro benzene ring substituents is 1. The molecule has 0 bridgehead atoms. The van der Waals surface area contributed by atoms with E-state index in [4.69, 9.17) is 0 Å². The van der Waals surface area contributed by atoms with Gasteiger partial charge in [-0.3, -0.25) is 10.1 Å². The van der Waals surface area contributed by atoms with E-state index in [1.807, 2.05) is 48.0 Å². The van der Waals surface area contributed by atoms with Crippen LogP contribution in [0.5, 0.6) is 0 Å². The summed E-state index contributed by atoms with van der Waals surface area (Å²) in [7, 11) is 0. The van der Waals surface area contributed by atoms with Crippen LogP contribution in [0.2, 0.25) is 0 Å². The predicted molar refractivity (Wildman–Crippen MR) is 114 cm³/mol. The third-order valence-electron chi connectivity index (χ3n) is 6.43. The Morgan fingerprint density at radius 2 is 1.85 bits per heavy atom. The summed E-state index contributed by atoms with van der Waals surface area (Å²) >= 11 is 0. The summed E-state index contributed by atoms with van der Waals surface area (Å²) in [4.78, 5) is 10.7. The highest BCUT2D eigenvalue weighted by Crippen LogP contribution is 2.52. The van der Waals surface area contributed by atoms with Crippen LogP contribution in [0.25, 0.3) is 0 Å². The van der Waals surface area contributed by atoms with Crippen LogP contribution in [-0.2, 0) is 0 Å². The number of aryl methyl sites for hydroxylation is 1. The van der Waals surface area contributed by atoms with Crippen molar-refractivity contribution in [3.63, 3.8) is 0 Å². The molecule has 1 aliphatic carbocycles. The van der Waals surface area contributed by atoms with Gasteiger partial charge in [0.15, 0.2) is 17.8 Å². The molecule has 1 aromatic heterocycles. The van der Waals surface area contributed by atoms with E-state index >= 15 is 0 Å². The van der Waals surface area contributed by atoms with Gasteiger partial charge in [-0.2, -0.15) is 20.4 Å². The fourth-order valence-corrected chi connectivity index (χ4v) is 4.70. The smallest absolute Gasteiger partial charge is 0.269 e. The van der Waals surface area contributed by atoms with Crippen molar-refractivity contribution in [2.24, 2.45) is 11.8 Å². The second-order valence-electron chi connectivity index (χ2n) is 8.38. The van der Waals surface area contributed by atoms with E-state index in [1.54, 1.807) is 12.1 Å². The van der Waals surface area contributed by atoms with Crippen LogP contribution in [0, 0.1) is 62.9 Å². The van der Waals surface area contributed by atoms with E-state index < -0.39 is 28.5 Å². The number of nitrogens with zero attached hydrogens (tertiary/aromatic N) is 5. The average Bonchev–Trinajstić information content (AvgIpc) is 3.66. The summed E-state index contributed by atoms with van der Waals surface area (Å²) in [6.45, 7) is 1.89. The largest absolute Gasteiger partial charge is 0.365 e. The van der Waals surface area contributed by atoms with Crippen molar-refractivity contribution in [1.82, 2.24) is 5.32 Å². The molecular formula is C24H21N6O3+. The maximum absolute atomic E-state index is 12.0. The zero-order chi connectivity index (χ0) is 23.8. The maximum atomic E-state index is 12.0. The van der Waals surface area contributed by atoms with Gasteiger partial charge in [0.1, 0.15) is 0 Å². The highest BCUT2D eigenvalue weighted by molar-refractivity contribution is 5.48. The van der Waals surface area contributed by atoms with Crippen LogP contribution in [-0.4, -0.2) is 15.8 Å². The van der Waals surface area contributed by atoms with Crippen LogP contribution in [0.4, 0.5) is 5.69 Å². The Morgan fingerprint density at radius 3 is 2.36 bits per heavy atom. The SMILES string of the molecule is Cc1cccc[n+]1[C@@H]1[C@H](c2ccc([N+](=O)[O-])cc2)C(C#N)=C(C(C#N)C#N)N[C@@]1(O)C1CC1. The van der Waals surface area contributed by atoms with Crippen molar-refractivity contribution < 1.29 is 14.6 Å². The van der Waals surface area contributed by atoms with Gasteiger partial charge < -0.3 is 10.4 Å². The van der Waals surface area contributed by atoms with E-state index in [0.29, 0.717) is 5.56 Å². The van der Waals surface area contributed by atoms with Gasteiger partial charge in [0.2, 0.25) is 11.8 Å². The lowest BCUT2D eigenvalue weighted by Gasteiger charge is -2.43. The van der Waals surface area contributed by atoms with Gasteiger partial charge >= 0.3 is 0 Å². The van der Waals surface area contributed by atoms with Gasteiger partial charge in [-0.05, 0) is 18.4 Å². The van der Waals surface area contributed by atoms with Crippen LogP contribution < -0.4 is 9.88 Å². The molecule has 2 aliphatic rings. The maximum Gasteiger partial charge on any atom is 0.269 e. The molecule has 9 heteroatoms. The van der Waals surface area contributed by atoms with E-state index in [0.717, 1.165) is 18.5 Å². The van der Waals surface area contributed by atoms with Crippen molar-refractivity contribution in [1.29, 1.82) is 15.8 Å². The second-order valence-corrected chi connectivity index (χ2v) is 8.38. The minimum Gasteiger partial charge on any atom is -0.365 e. The molecule has 1 aliphatic heterocycles. The lowest BCUT2D eigenvalue weighted by molar-refractivity contribution is -0.747. The van der Waals surface area contributed by atoms with Gasteiger partial charge in [-0.1, -0.05) is 18.2 Å². The Kier molecular flexibility index (Phi) is 5.55. The molecule has 0 unspecified atom stereocenters. The molecule has 3 atom stereocenters. The number of hydrogen-bond acceptors (Lipinski definition) is 7. The van der Waals surface area contributed by atoms with E-state index in [9.17, 15) is 31.0 Å². The van der Waals surface area contributed by atoms with Gasteiger partial charge in [0.25, 0.3) is 5.69 Å². The summed E-state index contributed by atoms with van der Waals surface area (Å²) in [6.07, 6.45) is 3.32. The van der Waals surface area contributed by atoms with Crippen molar-refractivity contribution in [3.05, 3.63) is 81.3 Å². The van der Waals surface area contributed by atoms with Crippen LogP contribution in [0.15, 0.2) is 59.9 Å². The molecule has 0 amide bonds. The average molecular weight is 441 g/mol. The molecule has 0 spiro atoms. The molecule has 164 valence electrons. The summed E-state index contributed by atoms with van der Waals surface area (Å²) in [5, 5.41) is 55.6. The number of nitro groups is 1. The molecule has 2 aromatic rings. The quantitative estimate of drug-likeness (QED) is 0.411. The standard InChI is InChI=1S/C24H21N6O3/c1-15-4-2-3-11-29(15)23-21(16-5-9-19(10-6-16)30(32)33)20(14-27)22(17(12-25)13-26)28-24(23,31)18-7-8-18/h2-6,9-11,17-18,21,23,28,31H,7-8H2,1H3/q+1/t21-,23-,24-/m1/s1. The monoisotopic (exact) mass is 441 g/mol. The van der Waals surface area contributed by atoms with E-state index in [2.05, 4.69) is 11.4 Å². The number of nitrogens with one attached hydrogen (secondary N) is 1. The summed E-state index contributed by atoms with van der Waals surface area (Å²) in [5.41, 5.74) is 0.0255. The zero-order valence-corrected chi connectivity index (χ0v) is 17.8. The number of aromatic nitrogens is 1. The molecule has 33 heavy (non-hydrogen) atoms. The van der Waals surface area contributed by atoms with Crippen molar-refractivity contribution in [3.8, 4) is 18.2 Å². The predicted octanol–water partition coefficient (Wildman–Crippen LogP) is 2.66. The number of allylic oxidation sites excluding steroid dienone is 2. The molecule has 9 nitrogen and oxygen atoms in total. The Labute approximate surface area is 190 Å². The molecule has 1 fully saturated rings. The topological polar surface area (TPSA) is 151 Å². The Balaban J connectivity index is 2.02. The van der Waals surface area contributed by atoms with Crippen molar-refractivity contribution in [2.75, 3.05) is 0 Å². The van der Waals surface area contributed by atoms with Gasteiger partial charge in [0.05, 0.1) is 40.3 Å². The Bertz CT molecular complexity index is 1250. The molecule has 0 saturated heterocycles. The van der Waals surface area contributed by atoms with Crippen molar-refractivity contribution >= 4 is 5.69 Å². The molecule has 2 heterocycles. The van der Waals surface area contributed by atoms with Gasteiger partial charge in [-0.15, -0.1) is 0 Å². The number of aliphatic hydroxyl groups is 1. The first-order valence-corrected chi connectivity index (χ1v) is 10.5. The summed E-state index contributed by atoms with van der Waals surface area (Å²) in [5.74, 6) is -2.16. The fourth-order valence-electron chi connectivity index (χ4n) is 4.70.